The molecule has 0 saturated carbocycles. The van der Waals surface area contributed by atoms with Crippen molar-refractivity contribution in [3.05, 3.63) is 0 Å². The summed E-state index contributed by atoms with van der Waals surface area (Å²) >= 11 is 1.43. The zero-order valence-electron chi connectivity index (χ0n) is 11.8. The van der Waals surface area contributed by atoms with Crippen LogP contribution in [0.1, 0.15) is 25.7 Å². The summed E-state index contributed by atoms with van der Waals surface area (Å²) in [6.07, 6.45) is 4.34. The number of hydrogen-bond donors (Lipinski definition) is 1. The average molecular weight is 322 g/mol. The molecule has 0 aromatic carbocycles. The summed E-state index contributed by atoms with van der Waals surface area (Å²) in [4.78, 5) is 27.5. The predicted octanol–water partition coefficient (Wildman–Crippen LogP) is 0.713. The maximum absolute atomic E-state index is 11.9. The number of piperidine rings is 1. The van der Waals surface area contributed by atoms with Crippen molar-refractivity contribution in [2.75, 3.05) is 37.7 Å². The molecule has 2 heterocycles. The van der Waals surface area contributed by atoms with Crippen LogP contribution in [0.4, 0.5) is 0 Å². The lowest BCUT2D eigenvalue weighted by molar-refractivity contribution is -0.129. The van der Waals surface area contributed by atoms with Crippen LogP contribution >= 0.6 is 24.2 Å². The SMILES string of the molecule is Cl.N[C@@H]1CCN(C(=O)CSCC(=O)N2CCCCC2)C1. The minimum absolute atomic E-state index is 0. The van der Waals surface area contributed by atoms with E-state index >= 15 is 0 Å². The van der Waals surface area contributed by atoms with Crippen LogP contribution in [0, 0.1) is 0 Å². The Bertz CT molecular complexity index is 321. The van der Waals surface area contributed by atoms with E-state index in [2.05, 4.69) is 0 Å². The van der Waals surface area contributed by atoms with Gasteiger partial charge in [-0.05, 0) is 25.7 Å². The normalized spacial score (nSPS) is 22.6. The van der Waals surface area contributed by atoms with Gasteiger partial charge in [-0.15, -0.1) is 24.2 Å². The summed E-state index contributed by atoms with van der Waals surface area (Å²) in [5.74, 6) is 1.11. The van der Waals surface area contributed by atoms with Gasteiger partial charge in [0.2, 0.25) is 11.8 Å². The number of amides is 2. The van der Waals surface area contributed by atoms with Gasteiger partial charge in [0.1, 0.15) is 0 Å². The average Bonchev–Trinajstić information content (AvgIpc) is 2.86. The lowest BCUT2D eigenvalue weighted by atomic mass is 10.1. The first-order valence-corrected chi connectivity index (χ1v) is 8.21. The molecule has 0 aromatic rings. The Kier molecular flexibility index (Phi) is 7.69. The highest BCUT2D eigenvalue weighted by atomic mass is 35.5. The smallest absolute Gasteiger partial charge is 0.232 e. The number of carbonyl (C=O) groups excluding carboxylic acids is 2. The van der Waals surface area contributed by atoms with E-state index in [9.17, 15) is 9.59 Å². The number of nitrogens with zero attached hydrogens (tertiary/aromatic N) is 2. The topological polar surface area (TPSA) is 66.6 Å². The van der Waals surface area contributed by atoms with Crippen molar-refractivity contribution < 1.29 is 9.59 Å². The Morgan fingerprint density at radius 2 is 1.60 bits per heavy atom. The molecule has 116 valence electrons. The van der Waals surface area contributed by atoms with E-state index in [4.69, 9.17) is 5.73 Å². The number of thioether (sulfide) groups is 1. The first kappa shape index (κ1) is 17.6. The van der Waals surface area contributed by atoms with Crippen LogP contribution in [0.25, 0.3) is 0 Å². The second kappa shape index (κ2) is 8.74. The quantitative estimate of drug-likeness (QED) is 0.828. The van der Waals surface area contributed by atoms with Crippen molar-refractivity contribution in [3.8, 4) is 0 Å². The van der Waals surface area contributed by atoms with E-state index in [0.29, 0.717) is 18.1 Å². The second-order valence-electron chi connectivity index (χ2n) is 5.32. The summed E-state index contributed by atoms with van der Waals surface area (Å²) in [6, 6.07) is 0.129. The molecule has 5 nitrogen and oxygen atoms in total. The van der Waals surface area contributed by atoms with Gasteiger partial charge >= 0.3 is 0 Å². The Labute approximate surface area is 131 Å². The van der Waals surface area contributed by atoms with Crippen LogP contribution in [0.15, 0.2) is 0 Å². The first-order valence-electron chi connectivity index (χ1n) is 7.05. The van der Waals surface area contributed by atoms with Crippen LogP contribution in [0.2, 0.25) is 0 Å². The van der Waals surface area contributed by atoms with Crippen LogP contribution in [-0.4, -0.2) is 65.3 Å². The summed E-state index contributed by atoms with van der Waals surface area (Å²) in [6.45, 7) is 3.20. The van der Waals surface area contributed by atoms with Gasteiger partial charge in [-0.3, -0.25) is 9.59 Å². The monoisotopic (exact) mass is 321 g/mol. The second-order valence-corrected chi connectivity index (χ2v) is 6.31. The molecule has 2 N–H and O–H groups in total. The summed E-state index contributed by atoms with van der Waals surface area (Å²) in [5, 5.41) is 0. The standard InChI is InChI=1S/C13H23N3O2S.ClH/c14-11-4-7-16(8-11)13(18)10-19-9-12(17)15-5-2-1-3-6-15;/h11H,1-10,14H2;1H/t11-;/m1./s1. The highest BCUT2D eigenvalue weighted by Crippen LogP contribution is 2.13. The maximum Gasteiger partial charge on any atom is 0.232 e. The maximum atomic E-state index is 11.9. The molecular weight excluding hydrogens is 298 g/mol. The lowest BCUT2D eigenvalue weighted by Crippen LogP contribution is -2.37. The number of halogens is 1. The molecule has 2 amide bonds. The van der Waals surface area contributed by atoms with Gasteiger partial charge in [0.05, 0.1) is 11.5 Å². The molecule has 0 radical (unpaired) electrons. The van der Waals surface area contributed by atoms with E-state index in [-0.39, 0.29) is 30.3 Å². The third-order valence-electron chi connectivity index (χ3n) is 3.74. The van der Waals surface area contributed by atoms with Crippen molar-refractivity contribution in [2.45, 2.75) is 31.7 Å². The molecule has 1 atom stereocenters. The molecule has 20 heavy (non-hydrogen) atoms. The number of carbonyl (C=O) groups is 2. The van der Waals surface area contributed by atoms with Crippen molar-refractivity contribution in [3.63, 3.8) is 0 Å². The van der Waals surface area contributed by atoms with Crippen LogP contribution in [0.3, 0.4) is 0 Å². The Morgan fingerprint density at radius 1 is 1.00 bits per heavy atom. The highest BCUT2D eigenvalue weighted by Gasteiger charge is 2.23. The van der Waals surface area contributed by atoms with Gasteiger partial charge < -0.3 is 15.5 Å². The molecule has 7 heteroatoms. The lowest BCUT2D eigenvalue weighted by Gasteiger charge is -2.26. The van der Waals surface area contributed by atoms with E-state index in [1.807, 2.05) is 9.80 Å². The minimum Gasteiger partial charge on any atom is -0.342 e. The number of hydrogen-bond acceptors (Lipinski definition) is 4. The van der Waals surface area contributed by atoms with Crippen molar-refractivity contribution in [2.24, 2.45) is 5.73 Å². The number of likely N-dealkylation sites (tertiary alicyclic amines) is 2. The molecule has 2 saturated heterocycles. The molecule has 0 unspecified atom stereocenters. The molecule has 0 aromatic heterocycles. The molecule has 0 bridgehead atoms. The third-order valence-corrected chi connectivity index (χ3v) is 4.64. The van der Waals surface area contributed by atoms with Gasteiger partial charge in [-0.1, -0.05) is 0 Å². The van der Waals surface area contributed by atoms with Crippen LogP contribution in [-0.2, 0) is 9.59 Å². The zero-order chi connectivity index (χ0) is 13.7. The molecule has 0 spiro atoms. The Balaban J connectivity index is 0.00000200. The van der Waals surface area contributed by atoms with Gasteiger partial charge in [-0.2, -0.15) is 0 Å². The Morgan fingerprint density at radius 3 is 2.15 bits per heavy atom. The van der Waals surface area contributed by atoms with Gasteiger partial charge in [0.15, 0.2) is 0 Å². The van der Waals surface area contributed by atoms with E-state index in [0.717, 1.165) is 38.9 Å². The minimum atomic E-state index is 0. The summed E-state index contributed by atoms with van der Waals surface area (Å²) in [7, 11) is 0. The fourth-order valence-corrected chi connectivity index (χ4v) is 3.38. The molecule has 2 fully saturated rings. The van der Waals surface area contributed by atoms with Gasteiger partial charge in [-0.25, -0.2) is 0 Å². The number of nitrogens with two attached hydrogens (primary N) is 1. The van der Waals surface area contributed by atoms with Crippen molar-refractivity contribution >= 4 is 36.0 Å². The molecule has 2 aliphatic heterocycles. The molecule has 2 rings (SSSR count). The zero-order valence-corrected chi connectivity index (χ0v) is 13.4. The summed E-state index contributed by atoms with van der Waals surface area (Å²) in [5.41, 5.74) is 5.78. The fourth-order valence-electron chi connectivity index (χ4n) is 2.57. The predicted molar refractivity (Wildman–Crippen MR) is 84.2 cm³/mol. The Hall–Kier alpha value is -0.460. The molecule has 2 aliphatic rings. The summed E-state index contributed by atoms with van der Waals surface area (Å²) < 4.78 is 0. The van der Waals surface area contributed by atoms with Crippen molar-refractivity contribution in [1.29, 1.82) is 0 Å². The first-order chi connectivity index (χ1) is 9.16. The highest BCUT2D eigenvalue weighted by molar-refractivity contribution is 8.00. The molecule has 0 aliphatic carbocycles. The number of rotatable bonds is 4. The van der Waals surface area contributed by atoms with Gasteiger partial charge in [0, 0.05) is 32.2 Å². The molecular formula is C13H24ClN3O2S. The van der Waals surface area contributed by atoms with E-state index < -0.39 is 0 Å². The van der Waals surface area contributed by atoms with E-state index in [1.165, 1.54) is 18.2 Å². The van der Waals surface area contributed by atoms with Crippen LogP contribution < -0.4 is 5.73 Å². The van der Waals surface area contributed by atoms with Gasteiger partial charge in [0.25, 0.3) is 0 Å². The largest absolute Gasteiger partial charge is 0.342 e. The third kappa shape index (κ3) is 5.14. The van der Waals surface area contributed by atoms with Crippen LogP contribution in [0.5, 0.6) is 0 Å². The fraction of sp³-hybridized carbons (Fsp3) is 0.846. The van der Waals surface area contributed by atoms with E-state index in [1.54, 1.807) is 0 Å². The van der Waals surface area contributed by atoms with Crippen molar-refractivity contribution in [1.82, 2.24) is 9.80 Å².